The molecule has 1 N–H and O–H groups in total. The maximum atomic E-state index is 12.4. The third kappa shape index (κ3) is 3.34. The van der Waals surface area contributed by atoms with Gasteiger partial charge < -0.3 is 15.0 Å². The van der Waals surface area contributed by atoms with Gasteiger partial charge >= 0.3 is 0 Å². The third-order valence-corrected chi connectivity index (χ3v) is 5.32. The fourth-order valence-corrected chi connectivity index (χ4v) is 3.47. The number of rotatable bonds is 6. The second-order valence-electron chi connectivity index (χ2n) is 6.93. The van der Waals surface area contributed by atoms with Crippen LogP contribution >= 0.6 is 0 Å². The highest BCUT2D eigenvalue weighted by atomic mass is 16.5. The van der Waals surface area contributed by atoms with Gasteiger partial charge in [-0.3, -0.25) is 4.79 Å². The van der Waals surface area contributed by atoms with E-state index in [1.54, 1.807) is 7.11 Å². The van der Waals surface area contributed by atoms with Crippen molar-refractivity contribution in [2.45, 2.75) is 56.9 Å². The summed E-state index contributed by atoms with van der Waals surface area (Å²) in [6, 6.07) is 0. The van der Waals surface area contributed by atoms with E-state index in [2.05, 4.69) is 24.3 Å². The summed E-state index contributed by atoms with van der Waals surface area (Å²) in [5, 5.41) is 3.23. The van der Waals surface area contributed by atoms with Crippen LogP contribution in [0.5, 0.6) is 0 Å². The van der Waals surface area contributed by atoms with Crippen LogP contribution in [0.25, 0.3) is 0 Å². The number of likely N-dealkylation sites (N-methyl/N-ethyl adjacent to an activating group) is 1. The van der Waals surface area contributed by atoms with Crippen LogP contribution in [0.4, 0.5) is 0 Å². The van der Waals surface area contributed by atoms with E-state index in [4.69, 9.17) is 4.74 Å². The molecule has 4 heteroatoms. The van der Waals surface area contributed by atoms with Crippen molar-refractivity contribution in [1.82, 2.24) is 10.2 Å². The molecule has 2 aliphatic rings. The van der Waals surface area contributed by atoms with Crippen LogP contribution in [-0.4, -0.2) is 50.7 Å². The standard InChI is InChI=1S/C16H30N2O2/c1-18(2)16(8-6-4-5-7-9-16)12-17-14(19)15(10-11-15)13-20-3/h4-13H2,1-3H3,(H,17,19). The molecule has 0 heterocycles. The molecule has 0 saturated heterocycles. The predicted octanol–water partition coefficient (Wildman–Crippen LogP) is 2.18. The van der Waals surface area contributed by atoms with Gasteiger partial charge in [0.05, 0.1) is 12.0 Å². The molecule has 0 aromatic carbocycles. The fourth-order valence-electron chi connectivity index (χ4n) is 3.47. The number of carbonyl (C=O) groups is 1. The zero-order valence-electron chi connectivity index (χ0n) is 13.3. The van der Waals surface area contributed by atoms with Crippen LogP contribution in [0.1, 0.15) is 51.4 Å². The van der Waals surface area contributed by atoms with Crippen LogP contribution in [-0.2, 0) is 9.53 Å². The number of ether oxygens (including phenoxy) is 1. The van der Waals surface area contributed by atoms with Gasteiger partial charge in [0.2, 0.25) is 5.91 Å². The van der Waals surface area contributed by atoms with Crippen molar-refractivity contribution in [2.75, 3.05) is 34.4 Å². The molecule has 116 valence electrons. The van der Waals surface area contributed by atoms with Gasteiger partial charge in [-0.15, -0.1) is 0 Å². The Bertz CT molecular complexity index is 329. The van der Waals surface area contributed by atoms with E-state index in [0.717, 1.165) is 19.4 Å². The highest BCUT2D eigenvalue weighted by molar-refractivity contribution is 5.85. The zero-order valence-corrected chi connectivity index (χ0v) is 13.3. The minimum absolute atomic E-state index is 0.148. The number of carbonyl (C=O) groups excluding carboxylic acids is 1. The Morgan fingerprint density at radius 3 is 2.15 bits per heavy atom. The number of nitrogens with one attached hydrogen (secondary N) is 1. The van der Waals surface area contributed by atoms with Gasteiger partial charge in [0.25, 0.3) is 0 Å². The Balaban J connectivity index is 1.93. The van der Waals surface area contributed by atoms with Gasteiger partial charge in [0.15, 0.2) is 0 Å². The predicted molar refractivity (Wildman–Crippen MR) is 80.7 cm³/mol. The van der Waals surface area contributed by atoms with Crippen molar-refractivity contribution in [1.29, 1.82) is 0 Å². The molecule has 0 spiro atoms. The fraction of sp³-hybridized carbons (Fsp3) is 0.938. The zero-order chi connectivity index (χ0) is 14.6. The van der Waals surface area contributed by atoms with E-state index in [1.807, 2.05) is 0 Å². The summed E-state index contributed by atoms with van der Waals surface area (Å²) in [4.78, 5) is 14.7. The Morgan fingerprint density at radius 1 is 1.10 bits per heavy atom. The Hall–Kier alpha value is -0.610. The lowest BCUT2D eigenvalue weighted by molar-refractivity contribution is -0.128. The highest BCUT2D eigenvalue weighted by Gasteiger charge is 2.50. The second-order valence-corrected chi connectivity index (χ2v) is 6.93. The van der Waals surface area contributed by atoms with Crippen molar-refractivity contribution in [2.24, 2.45) is 5.41 Å². The third-order valence-electron chi connectivity index (χ3n) is 5.32. The Labute approximate surface area is 123 Å². The van der Waals surface area contributed by atoms with Crippen molar-refractivity contribution in [3.8, 4) is 0 Å². The van der Waals surface area contributed by atoms with E-state index < -0.39 is 0 Å². The van der Waals surface area contributed by atoms with Crippen molar-refractivity contribution >= 4 is 5.91 Å². The number of nitrogens with zero attached hydrogens (tertiary/aromatic N) is 1. The molecule has 2 fully saturated rings. The van der Waals surface area contributed by atoms with Gasteiger partial charge in [-0.25, -0.2) is 0 Å². The molecular weight excluding hydrogens is 252 g/mol. The molecule has 0 radical (unpaired) electrons. The minimum atomic E-state index is -0.215. The molecular formula is C16H30N2O2. The normalized spacial score (nSPS) is 24.2. The summed E-state index contributed by atoms with van der Waals surface area (Å²) < 4.78 is 5.20. The van der Waals surface area contributed by atoms with Gasteiger partial charge in [-0.2, -0.15) is 0 Å². The first-order valence-corrected chi connectivity index (χ1v) is 7.99. The average molecular weight is 282 g/mol. The molecule has 2 aliphatic carbocycles. The monoisotopic (exact) mass is 282 g/mol. The summed E-state index contributed by atoms with van der Waals surface area (Å²) in [6.45, 7) is 1.35. The molecule has 0 bridgehead atoms. The van der Waals surface area contributed by atoms with Crippen molar-refractivity contribution in [3.05, 3.63) is 0 Å². The Morgan fingerprint density at radius 2 is 1.70 bits per heavy atom. The van der Waals surface area contributed by atoms with E-state index in [-0.39, 0.29) is 16.9 Å². The second kappa shape index (κ2) is 6.44. The van der Waals surface area contributed by atoms with E-state index in [9.17, 15) is 4.79 Å². The maximum Gasteiger partial charge on any atom is 0.228 e. The molecule has 0 unspecified atom stereocenters. The molecule has 2 rings (SSSR count). The minimum Gasteiger partial charge on any atom is -0.384 e. The van der Waals surface area contributed by atoms with E-state index in [0.29, 0.717) is 6.61 Å². The van der Waals surface area contributed by atoms with Gasteiger partial charge in [-0.1, -0.05) is 25.7 Å². The maximum absolute atomic E-state index is 12.4. The van der Waals surface area contributed by atoms with Crippen molar-refractivity contribution in [3.63, 3.8) is 0 Å². The summed E-state index contributed by atoms with van der Waals surface area (Å²) in [6.07, 6.45) is 9.54. The van der Waals surface area contributed by atoms with Gasteiger partial charge in [0, 0.05) is 19.2 Å². The lowest BCUT2D eigenvalue weighted by atomic mass is 9.88. The number of methoxy groups -OCH3 is 1. The molecule has 2 saturated carbocycles. The highest BCUT2D eigenvalue weighted by Crippen LogP contribution is 2.46. The lowest BCUT2D eigenvalue weighted by Crippen LogP contribution is -2.53. The van der Waals surface area contributed by atoms with Crippen LogP contribution in [0, 0.1) is 5.41 Å². The topological polar surface area (TPSA) is 41.6 Å². The van der Waals surface area contributed by atoms with Crippen LogP contribution in [0.15, 0.2) is 0 Å². The Kier molecular flexibility index (Phi) is 5.08. The molecule has 0 atom stereocenters. The van der Waals surface area contributed by atoms with Gasteiger partial charge in [-0.05, 0) is 39.8 Å². The molecule has 1 amide bonds. The SMILES string of the molecule is COCC1(C(=O)NCC2(N(C)C)CCCCCC2)CC1. The first kappa shape index (κ1) is 15.8. The molecule has 4 nitrogen and oxygen atoms in total. The largest absolute Gasteiger partial charge is 0.384 e. The summed E-state index contributed by atoms with van der Waals surface area (Å²) in [7, 11) is 5.99. The smallest absolute Gasteiger partial charge is 0.228 e. The van der Waals surface area contributed by atoms with Crippen molar-refractivity contribution < 1.29 is 9.53 Å². The molecule has 20 heavy (non-hydrogen) atoms. The van der Waals surface area contributed by atoms with Crippen LogP contribution < -0.4 is 5.32 Å². The first-order chi connectivity index (χ1) is 9.55. The molecule has 0 aromatic rings. The number of amides is 1. The number of hydrogen-bond donors (Lipinski definition) is 1. The van der Waals surface area contributed by atoms with E-state index >= 15 is 0 Å². The first-order valence-electron chi connectivity index (χ1n) is 7.99. The summed E-state index contributed by atoms with van der Waals surface area (Å²) in [5.74, 6) is 0.199. The van der Waals surface area contributed by atoms with E-state index in [1.165, 1.54) is 38.5 Å². The average Bonchev–Trinajstić information content (AvgIpc) is 3.21. The summed E-state index contributed by atoms with van der Waals surface area (Å²) in [5.41, 5.74) is -0.0672. The van der Waals surface area contributed by atoms with Crippen LogP contribution in [0.3, 0.4) is 0 Å². The quantitative estimate of drug-likeness (QED) is 0.759. The summed E-state index contributed by atoms with van der Waals surface area (Å²) >= 11 is 0. The number of hydrogen-bond acceptors (Lipinski definition) is 3. The lowest BCUT2D eigenvalue weighted by Gasteiger charge is -2.40. The van der Waals surface area contributed by atoms with Crippen LogP contribution in [0.2, 0.25) is 0 Å². The molecule has 0 aliphatic heterocycles. The van der Waals surface area contributed by atoms with Gasteiger partial charge in [0.1, 0.15) is 0 Å². The molecule has 0 aromatic heterocycles.